The van der Waals surface area contributed by atoms with Crippen molar-refractivity contribution in [1.82, 2.24) is 0 Å². The molecule has 0 spiro atoms. The van der Waals surface area contributed by atoms with E-state index in [0.717, 1.165) is 20.5 Å². The summed E-state index contributed by atoms with van der Waals surface area (Å²) in [6.07, 6.45) is 0.0485. The highest BCUT2D eigenvalue weighted by molar-refractivity contribution is 9.10. The van der Waals surface area contributed by atoms with Gasteiger partial charge < -0.3 is 5.11 Å². The summed E-state index contributed by atoms with van der Waals surface area (Å²) in [5, 5.41) is 12.9. The summed E-state index contributed by atoms with van der Waals surface area (Å²) in [6, 6.07) is 7.77. The first-order chi connectivity index (χ1) is 8.08. The van der Waals surface area contributed by atoms with Crippen molar-refractivity contribution in [3.8, 4) is 0 Å². The number of thiophene rings is 1. The van der Waals surface area contributed by atoms with E-state index in [4.69, 9.17) is 11.6 Å². The predicted molar refractivity (Wildman–Crippen MR) is 76.9 cm³/mol. The van der Waals surface area contributed by atoms with E-state index in [0.29, 0.717) is 11.4 Å². The Kier molecular flexibility index (Phi) is 4.26. The first-order valence-electron chi connectivity index (χ1n) is 5.24. The summed E-state index contributed by atoms with van der Waals surface area (Å²) in [4.78, 5) is 1.14. The van der Waals surface area contributed by atoms with Gasteiger partial charge in [0, 0.05) is 26.2 Å². The first kappa shape index (κ1) is 13.1. The van der Waals surface area contributed by atoms with Crippen LogP contribution in [0.4, 0.5) is 0 Å². The van der Waals surface area contributed by atoms with Gasteiger partial charge in [-0.15, -0.1) is 11.3 Å². The maximum absolute atomic E-state index is 10.2. The highest BCUT2D eigenvalue weighted by atomic mass is 79.9. The van der Waals surface area contributed by atoms with Crippen LogP contribution >= 0.6 is 38.9 Å². The van der Waals surface area contributed by atoms with Crippen molar-refractivity contribution < 1.29 is 5.11 Å². The lowest BCUT2D eigenvalue weighted by molar-refractivity contribution is 0.179. The number of aliphatic hydroxyl groups excluding tert-OH is 1. The third-order valence-electron chi connectivity index (χ3n) is 2.60. The summed E-state index contributed by atoms with van der Waals surface area (Å²) in [5.74, 6) is 0. The van der Waals surface area contributed by atoms with Crippen molar-refractivity contribution in [1.29, 1.82) is 0 Å². The minimum Gasteiger partial charge on any atom is -0.388 e. The molecule has 1 unspecified atom stereocenters. The van der Waals surface area contributed by atoms with Crippen molar-refractivity contribution in [3.63, 3.8) is 0 Å². The van der Waals surface area contributed by atoms with Crippen LogP contribution in [0, 0.1) is 6.92 Å². The zero-order valence-corrected chi connectivity index (χ0v) is 12.4. The van der Waals surface area contributed by atoms with Gasteiger partial charge in [0.2, 0.25) is 0 Å². The second kappa shape index (κ2) is 5.53. The number of benzene rings is 1. The molecule has 0 saturated heterocycles. The van der Waals surface area contributed by atoms with E-state index >= 15 is 0 Å². The molecule has 4 heteroatoms. The summed E-state index contributed by atoms with van der Waals surface area (Å²) in [6.45, 7) is 1.94. The van der Waals surface area contributed by atoms with Crippen LogP contribution in [0.1, 0.15) is 22.1 Å². The zero-order valence-electron chi connectivity index (χ0n) is 9.28. The molecule has 17 heavy (non-hydrogen) atoms. The molecule has 1 aromatic carbocycles. The van der Waals surface area contributed by atoms with Crippen LogP contribution in [-0.4, -0.2) is 5.11 Å². The minimum atomic E-state index is -0.548. The molecular weight excluding hydrogens is 320 g/mol. The highest BCUT2D eigenvalue weighted by Crippen LogP contribution is 2.30. The molecule has 0 aliphatic heterocycles. The molecule has 0 aliphatic rings. The summed E-state index contributed by atoms with van der Waals surface area (Å²) in [5.41, 5.74) is 1.80. The molecular formula is C13H12BrClOS. The Morgan fingerprint density at radius 2 is 2.24 bits per heavy atom. The molecule has 1 atom stereocenters. The quantitative estimate of drug-likeness (QED) is 0.860. The van der Waals surface area contributed by atoms with E-state index in [1.165, 1.54) is 0 Å². The average molecular weight is 332 g/mol. The van der Waals surface area contributed by atoms with Gasteiger partial charge in [-0.2, -0.15) is 0 Å². The number of halogens is 2. The Hall–Kier alpha value is -0.350. The lowest BCUT2D eigenvalue weighted by atomic mass is 10.0. The molecule has 2 aromatic rings. The van der Waals surface area contributed by atoms with Gasteiger partial charge in [-0.25, -0.2) is 0 Å². The monoisotopic (exact) mass is 330 g/mol. The largest absolute Gasteiger partial charge is 0.388 e. The van der Waals surface area contributed by atoms with Crippen molar-refractivity contribution in [3.05, 3.63) is 55.1 Å². The topological polar surface area (TPSA) is 20.2 Å². The molecule has 0 saturated carbocycles. The van der Waals surface area contributed by atoms with Gasteiger partial charge in [-0.3, -0.25) is 0 Å². The maximum atomic E-state index is 10.2. The van der Waals surface area contributed by atoms with Crippen molar-refractivity contribution in [2.45, 2.75) is 19.4 Å². The van der Waals surface area contributed by atoms with Gasteiger partial charge in [-0.1, -0.05) is 29.8 Å². The maximum Gasteiger partial charge on any atom is 0.0852 e. The van der Waals surface area contributed by atoms with Crippen LogP contribution < -0.4 is 0 Å². The molecule has 1 N–H and O–H groups in total. The molecule has 90 valence electrons. The predicted octanol–water partition coefficient (Wildman–Crippen LogP) is 4.75. The second-order valence-electron chi connectivity index (χ2n) is 3.93. The van der Waals surface area contributed by atoms with E-state index in [-0.39, 0.29) is 0 Å². The smallest absolute Gasteiger partial charge is 0.0852 e. The highest BCUT2D eigenvalue weighted by Gasteiger charge is 2.14. The molecule has 1 heterocycles. The van der Waals surface area contributed by atoms with Crippen molar-refractivity contribution >= 4 is 38.9 Å². The lowest BCUT2D eigenvalue weighted by Gasteiger charge is -2.13. The average Bonchev–Trinajstić information content (AvgIpc) is 2.68. The van der Waals surface area contributed by atoms with E-state index in [1.54, 1.807) is 11.3 Å². The second-order valence-corrected chi connectivity index (χ2v) is 6.22. The van der Waals surface area contributed by atoms with Crippen molar-refractivity contribution in [2.75, 3.05) is 0 Å². The van der Waals surface area contributed by atoms with Gasteiger partial charge in [0.15, 0.2) is 0 Å². The van der Waals surface area contributed by atoms with E-state index in [1.807, 2.05) is 36.6 Å². The van der Waals surface area contributed by atoms with Crippen LogP contribution in [-0.2, 0) is 6.42 Å². The van der Waals surface area contributed by atoms with Crippen LogP contribution in [0.2, 0.25) is 5.02 Å². The zero-order chi connectivity index (χ0) is 12.4. The number of hydrogen-bond acceptors (Lipinski definition) is 2. The number of hydrogen-bond donors (Lipinski definition) is 1. The van der Waals surface area contributed by atoms with Crippen LogP contribution in [0.15, 0.2) is 34.1 Å². The number of rotatable bonds is 3. The Morgan fingerprint density at radius 1 is 1.47 bits per heavy atom. The Bertz CT molecular complexity index is 524. The molecule has 0 fully saturated rings. The molecule has 0 aliphatic carbocycles. The van der Waals surface area contributed by atoms with Crippen molar-refractivity contribution in [2.24, 2.45) is 0 Å². The summed E-state index contributed by atoms with van der Waals surface area (Å²) < 4.78 is 1.06. The molecule has 2 rings (SSSR count). The molecule has 0 radical (unpaired) electrons. The van der Waals surface area contributed by atoms with Gasteiger partial charge >= 0.3 is 0 Å². The molecule has 0 amide bonds. The fourth-order valence-electron chi connectivity index (χ4n) is 1.69. The fourth-order valence-corrected chi connectivity index (χ4v) is 3.43. The van der Waals surface area contributed by atoms with Gasteiger partial charge in [-0.05, 0) is 40.0 Å². The molecule has 1 nitrogen and oxygen atoms in total. The Morgan fingerprint density at radius 3 is 2.88 bits per heavy atom. The van der Waals surface area contributed by atoms with E-state index < -0.39 is 6.10 Å². The Balaban J connectivity index is 2.20. The molecule has 0 bridgehead atoms. The standard InChI is InChI=1S/C13H12BrClOS/c1-8-3-2-4-11(13(8)15)12(16)6-10-5-9(14)7-17-10/h2-5,7,12,16H,6H2,1H3. The Labute approximate surface area is 118 Å². The summed E-state index contributed by atoms with van der Waals surface area (Å²) >= 11 is 11.2. The fraction of sp³-hybridized carbons (Fsp3) is 0.231. The van der Waals surface area contributed by atoms with Gasteiger partial charge in [0.05, 0.1) is 6.10 Å². The van der Waals surface area contributed by atoms with E-state index in [2.05, 4.69) is 15.9 Å². The third-order valence-corrected chi connectivity index (χ3v) is 4.83. The van der Waals surface area contributed by atoms with Crippen LogP contribution in [0.3, 0.4) is 0 Å². The van der Waals surface area contributed by atoms with Gasteiger partial charge in [0.1, 0.15) is 0 Å². The SMILES string of the molecule is Cc1cccc(C(O)Cc2cc(Br)cs2)c1Cl. The summed E-state index contributed by atoms with van der Waals surface area (Å²) in [7, 11) is 0. The number of aryl methyl sites for hydroxylation is 1. The third kappa shape index (κ3) is 3.10. The first-order valence-corrected chi connectivity index (χ1v) is 7.29. The van der Waals surface area contributed by atoms with E-state index in [9.17, 15) is 5.11 Å². The van der Waals surface area contributed by atoms with Crippen LogP contribution in [0.5, 0.6) is 0 Å². The normalized spacial score (nSPS) is 12.7. The number of aliphatic hydroxyl groups is 1. The van der Waals surface area contributed by atoms with Crippen LogP contribution in [0.25, 0.3) is 0 Å². The lowest BCUT2D eigenvalue weighted by Crippen LogP contribution is -2.02. The minimum absolute atomic E-state index is 0.548. The molecule has 1 aromatic heterocycles. The van der Waals surface area contributed by atoms with Gasteiger partial charge in [0.25, 0.3) is 0 Å².